The number of urea groups is 1. The minimum absolute atomic E-state index is 0.116. The van der Waals surface area contributed by atoms with Crippen molar-refractivity contribution >= 4 is 17.7 Å². The number of anilines is 2. The van der Waals surface area contributed by atoms with Crippen LogP contribution in [0.4, 0.5) is 34.0 Å². The van der Waals surface area contributed by atoms with Gasteiger partial charge in [0.15, 0.2) is 23.2 Å². The van der Waals surface area contributed by atoms with E-state index in [1.54, 1.807) is 0 Å². The van der Waals surface area contributed by atoms with E-state index in [9.17, 15) is 22.4 Å². The smallest absolute Gasteiger partial charge is 0.416 e. The van der Waals surface area contributed by atoms with E-state index in [1.807, 2.05) is 0 Å². The Labute approximate surface area is 168 Å². The van der Waals surface area contributed by atoms with E-state index in [1.165, 1.54) is 41.4 Å². The summed E-state index contributed by atoms with van der Waals surface area (Å²) in [4.78, 5) is 22.0. The first-order valence-corrected chi connectivity index (χ1v) is 8.83. The lowest BCUT2D eigenvalue weighted by atomic mass is 10.1. The van der Waals surface area contributed by atoms with Crippen molar-refractivity contribution in [2.24, 2.45) is 0 Å². The predicted octanol–water partition coefficient (Wildman–Crippen LogP) is 4.73. The molecule has 0 saturated carbocycles. The monoisotopic (exact) mass is 418 g/mol. The van der Waals surface area contributed by atoms with Gasteiger partial charge in [-0.15, -0.1) is 0 Å². The van der Waals surface area contributed by atoms with Crippen molar-refractivity contribution in [3.05, 3.63) is 66.1 Å². The second-order valence-electron chi connectivity index (χ2n) is 6.36. The third-order valence-corrected chi connectivity index (χ3v) is 4.38. The zero-order chi connectivity index (χ0) is 21.3. The van der Waals surface area contributed by atoms with Crippen LogP contribution in [-0.4, -0.2) is 29.2 Å². The van der Waals surface area contributed by atoms with Gasteiger partial charge in [0.1, 0.15) is 6.61 Å². The van der Waals surface area contributed by atoms with Crippen molar-refractivity contribution in [1.29, 1.82) is 0 Å². The molecule has 0 spiro atoms. The molecule has 30 heavy (non-hydrogen) atoms. The summed E-state index contributed by atoms with van der Waals surface area (Å²) in [7, 11) is 0. The first-order chi connectivity index (χ1) is 14.3. The Bertz CT molecular complexity index is 1100. The third-order valence-electron chi connectivity index (χ3n) is 4.38. The van der Waals surface area contributed by atoms with Crippen LogP contribution in [0.5, 0.6) is 5.75 Å². The molecule has 154 valence electrons. The summed E-state index contributed by atoms with van der Waals surface area (Å²) < 4.78 is 58.4. The summed E-state index contributed by atoms with van der Waals surface area (Å²) in [6.45, 7) is 0.294. The van der Waals surface area contributed by atoms with Gasteiger partial charge in [-0.1, -0.05) is 12.1 Å². The van der Waals surface area contributed by atoms with Crippen LogP contribution in [0.15, 0.2) is 54.7 Å². The van der Waals surface area contributed by atoms with E-state index in [0.717, 1.165) is 18.2 Å². The van der Waals surface area contributed by atoms with E-state index < -0.39 is 23.6 Å². The van der Waals surface area contributed by atoms with Crippen LogP contribution < -0.4 is 15.0 Å². The summed E-state index contributed by atoms with van der Waals surface area (Å²) in [6.07, 6.45) is -3.16. The number of nitrogens with zero attached hydrogens (tertiary/aromatic N) is 3. The molecule has 0 atom stereocenters. The molecule has 1 aromatic carbocycles. The van der Waals surface area contributed by atoms with Gasteiger partial charge in [-0.3, -0.25) is 10.2 Å². The van der Waals surface area contributed by atoms with Crippen LogP contribution in [0.25, 0.3) is 11.3 Å². The summed E-state index contributed by atoms with van der Waals surface area (Å²) in [5, 5.41) is 2.37. The highest BCUT2D eigenvalue weighted by Gasteiger charge is 2.31. The number of benzene rings is 1. The molecule has 1 aliphatic heterocycles. The van der Waals surface area contributed by atoms with Gasteiger partial charge in [-0.25, -0.2) is 19.2 Å². The molecule has 0 saturated heterocycles. The summed E-state index contributed by atoms with van der Waals surface area (Å²) in [6, 6.07) is 9.60. The minimum atomic E-state index is -4.49. The average molecular weight is 418 g/mol. The molecule has 0 aliphatic carbocycles. The number of hydrogen-bond acceptors (Lipinski definition) is 4. The molecule has 1 N–H and O–H groups in total. The number of fused-ring (bicyclic) bond motifs is 1. The molecule has 0 unspecified atom stereocenters. The van der Waals surface area contributed by atoms with Crippen LogP contribution in [0, 0.1) is 5.82 Å². The molecule has 0 fully saturated rings. The van der Waals surface area contributed by atoms with Crippen LogP contribution in [-0.2, 0) is 6.18 Å². The molecule has 6 nitrogen and oxygen atoms in total. The van der Waals surface area contributed by atoms with E-state index in [4.69, 9.17) is 4.74 Å². The lowest BCUT2D eigenvalue weighted by Crippen LogP contribution is -2.41. The number of halogens is 4. The molecule has 3 heterocycles. The van der Waals surface area contributed by atoms with Crippen LogP contribution in [0.2, 0.25) is 0 Å². The fraction of sp³-hybridized carbons (Fsp3) is 0.150. The second-order valence-corrected chi connectivity index (χ2v) is 6.36. The number of pyridine rings is 2. The normalized spacial score (nSPS) is 13.4. The molecule has 0 bridgehead atoms. The molecular weight excluding hydrogens is 404 g/mol. The van der Waals surface area contributed by atoms with Crippen LogP contribution in [0.3, 0.4) is 0 Å². The van der Waals surface area contributed by atoms with E-state index in [0.29, 0.717) is 0 Å². The molecular formula is C20H14F4N4O2. The average Bonchev–Trinajstić information content (AvgIpc) is 2.74. The van der Waals surface area contributed by atoms with Crippen LogP contribution in [0.1, 0.15) is 5.56 Å². The standard InChI is InChI=1S/C20H14F4N4O2/c21-14-5-2-8-25-17(14)27-19(29)28-9-10-30-16-7-6-15(26-18(16)28)12-3-1-4-13(11-12)20(22,23)24/h1-8,11H,9-10H2,(H,25,27,29). The van der Waals surface area contributed by atoms with E-state index in [2.05, 4.69) is 15.3 Å². The van der Waals surface area contributed by atoms with Gasteiger partial charge >= 0.3 is 12.2 Å². The number of nitrogens with one attached hydrogen (secondary N) is 1. The molecule has 1 aliphatic rings. The van der Waals surface area contributed by atoms with Gasteiger partial charge in [0.2, 0.25) is 0 Å². The Morgan fingerprint density at radius 3 is 2.73 bits per heavy atom. The van der Waals surface area contributed by atoms with E-state index in [-0.39, 0.29) is 41.8 Å². The number of aromatic nitrogens is 2. The van der Waals surface area contributed by atoms with Gasteiger partial charge in [0.25, 0.3) is 0 Å². The highest BCUT2D eigenvalue weighted by Crippen LogP contribution is 2.35. The van der Waals surface area contributed by atoms with Crippen molar-refractivity contribution < 1.29 is 27.1 Å². The fourth-order valence-electron chi connectivity index (χ4n) is 2.95. The zero-order valence-corrected chi connectivity index (χ0v) is 15.3. The van der Waals surface area contributed by atoms with Crippen molar-refractivity contribution in [1.82, 2.24) is 9.97 Å². The largest absolute Gasteiger partial charge is 0.488 e. The van der Waals surface area contributed by atoms with Crippen molar-refractivity contribution in [2.45, 2.75) is 6.18 Å². The lowest BCUT2D eigenvalue weighted by molar-refractivity contribution is -0.137. The third kappa shape index (κ3) is 3.88. The van der Waals surface area contributed by atoms with Crippen LogP contribution >= 0.6 is 0 Å². The Balaban J connectivity index is 1.67. The summed E-state index contributed by atoms with van der Waals surface area (Å²) in [5.41, 5.74) is -0.350. The number of hydrogen-bond donors (Lipinski definition) is 1. The number of amides is 2. The Morgan fingerprint density at radius 1 is 1.13 bits per heavy atom. The molecule has 10 heteroatoms. The highest BCUT2D eigenvalue weighted by molar-refractivity contribution is 6.02. The maximum Gasteiger partial charge on any atom is 0.416 e. The number of alkyl halides is 3. The molecule has 4 rings (SSSR count). The lowest BCUT2D eigenvalue weighted by Gasteiger charge is -2.28. The molecule has 3 aromatic rings. The van der Waals surface area contributed by atoms with Crippen molar-refractivity contribution in [2.75, 3.05) is 23.4 Å². The first-order valence-electron chi connectivity index (χ1n) is 8.83. The van der Waals surface area contributed by atoms with Gasteiger partial charge < -0.3 is 4.74 Å². The Kier molecular flexibility index (Phi) is 4.98. The number of rotatable bonds is 2. The SMILES string of the molecule is O=C(Nc1ncccc1F)N1CCOc2ccc(-c3cccc(C(F)(F)F)c3)nc21. The second kappa shape index (κ2) is 7.62. The molecule has 0 radical (unpaired) electrons. The number of carbonyl (C=O) groups is 1. The fourth-order valence-corrected chi connectivity index (χ4v) is 2.95. The topological polar surface area (TPSA) is 67.4 Å². The van der Waals surface area contributed by atoms with Gasteiger partial charge in [0.05, 0.1) is 17.8 Å². The molecule has 2 amide bonds. The predicted molar refractivity (Wildman–Crippen MR) is 101 cm³/mol. The van der Waals surface area contributed by atoms with Crippen molar-refractivity contribution in [3.8, 4) is 17.0 Å². The van der Waals surface area contributed by atoms with Gasteiger partial charge in [-0.05, 0) is 36.4 Å². The highest BCUT2D eigenvalue weighted by atomic mass is 19.4. The maximum absolute atomic E-state index is 13.8. The first kappa shape index (κ1) is 19.6. The van der Waals surface area contributed by atoms with Gasteiger partial charge in [0, 0.05) is 11.8 Å². The summed E-state index contributed by atoms with van der Waals surface area (Å²) in [5.74, 6) is -0.548. The Hall–Kier alpha value is -3.69. The number of ether oxygens (including phenoxy) is 1. The maximum atomic E-state index is 13.8. The molecule has 2 aromatic heterocycles. The van der Waals surface area contributed by atoms with Crippen molar-refractivity contribution in [3.63, 3.8) is 0 Å². The Morgan fingerprint density at radius 2 is 1.97 bits per heavy atom. The van der Waals surface area contributed by atoms with E-state index >= 15 is 0 Å². The quantitative estimate of drug-likeness (QED) is 0.611. The summed E-state index contributed by atoms with van der Waals surface area (Å²) >= 11 is 0. The number of carbonyl (C=O) groups excluding carboxylic acids is 1. The zero-order valence-electron chi connectivity index (χ0n) is 15.3. The van der Waals surface area contributed by atoms with Gasteiger partial charge in [-0.2, -0.15) is 13.2 Å². The minimum Gasteiger partial charge on any atom is -0.488 e.